The topological polar surface area (TPSA) is 0 Å². The molecule has 2 aliphatic rings. The quantitative estimate of drug-likeness (QED) is 0.577. The molecule has 0 bridgehead atoms. The highest BCUT2D eigenvalue weighted by molar-refractivity contribution is 6.30. The number of hydrogen-bond acceptors (Lipinski definition) is 0. The van der Waals surface area contributed by atoms with Crippen molar-refractivity contribution in [3.05, 3.63) is 69.0 Å². The molecule has 2 heteroatoms. The lowest BCUT2D eigenvalue weighted by Crippen LogP contribution is -2.20. The molecule has 0 amide bonds. The van der Waals surface area contributed by atoms with Gasteiger partial charge in [0.2, 0.25) is 0 Å². The molecule has 2 aromatic carbocycles. The van der Waals surface area contributed by atoms with Crippen LogP contribution >= 0.6 is 11.6 Å². The predicted octanol–water partition coefficient (Wildman–Crippen LogP) is 6.66. The van der Waals surface area contributed by atoms with Gasteiger partial charge in [0.15, 0.2) is 0 Å². The maximum absolute atomic E-state index is 13.8. The molecule has 0 nitrogen and oxygen atoms in total. The Kier molecular flexibility index (Phi) is 4.86. The van der Waals surface area contributed by atoms with Crippen molar-refractivity contribution in [2.45, 2.75) is 64.2 Å². The first-order valence-corrected chi connectivity index (χ1v) is 10.1. The molecule has 25 heavy (non-hydrogen) atoms. The van der Waals surface area contributed by atoms with Gasteiger partial charge in [-0.05, 0) is 90.3 Å². The fourth-order valence-corrected chi connectivity index (χ4v) is 5.07. The molecule has 4 rings (SSSR count). The summed E-state index contributed by atoms with van der Waals surface area (Å²) in [5.41, 5.74) is 7.43. The summed E-state index contributed by atoms with van der Waals surface area (Å²) < 4.78 is 13.8. The molecule has 0 saturated carbocycles. The number of fused-ring (bicyclic) bond motifs is 3. The third-order valence-electron chi connectivity index (χ3n) is 6.26. The molecule has 0 saturated heterocycles. The van der Waals surface area contributed by atoms with Gasteiger partial charge in [-0.1, -0.05) is 49.6 Å². The van der Waals surface area contributed by atoms with Crippen LogP contribution in [0.2, 0.25) is 5.02 Å². The number of halogens is 2. The van der Waals surface area contributed by atoms with Crippen LogP contribution in [0.25, 0.3) is 0 Å². The van der Waals surface area contributed by atoms with Crippen LogP contribution in [0, 0.1) is 11.7 Å². The van der Waals surface area contributed by atoms with Crippen LogP contribution in [0.5, 0.6) is 0 Å². The molecule has 0 spiro atoms. The zero-order chi connectivity index (χ0) is 17.4. The first kappa shape index (κ1) is 17.1. The molecule has 0 heterocycles. The van der Waals surface area contributed by atoms with Crippen LogP contribution in [-0.2, 0) is 25.7 Å². The first-order chi connectivity index (χ1) is 12.2. The lowest BCUT2D eigenvalue weighted by molar-refractivity contribution is 0.419. The van der Waals surface area contributed by atoms with Crippen molar-refractivity contribution < 1.29 is 4.39 Å². The molecule has 132 valence electrons. The van der Waals surface area contributed by atoms with Crippen molar-refractivity contribution in [1.82, 2.24) is 0 Å². The van der Waals surface area contributed by atoms with Crippen molar-refractivity contribution in [2.24, 2.45) is 5.92 Å². The van der Waals surface area contributed by atoms with E-state index in [0.29, 0.717) is 5.92 Å². The Morgan fingerprint density at radius 1 is 1.00 bits per heavy atom. The maximum atomic E-state index is 13.8. The summed E-state index contributed by atoms with van der Waals surface area (Å²) in [4.78, 5) is 0. The largest absolute Gasteiger partial charge is 0.205 e. The van der Waals surface area contributed by atoms with E-state index in [-0.39, 0.29) is 10.8 Å². The van der Waals surface area contributed by atoms with Gasteiger partial charge in [0.25, 0.3) is 0 Å². The Hall–Kier alpha value is -1.34. The highest BCUT2D eigenvalue weighted by Gasteiger charge is 2.26. The molecule has 0 aromatic heterocycles. The Morgan fingerprint density at radius 2 is 1.72 bits per heavy atom. The minimum absolute atomic E-state index is 0.218. The summed E-state index contributed by atoms with van der Waals surface area (Å²) >= 11 is 5.84. The second-order valence-corrected chi connectivity index (χ2v) is 8.26. The van der Waals surface area contributed by atoms with Gasteiger partial charge in [-0.2, -0.15) is 0 Å². The van der Waals surface area contributed by atoms with Crippen LogP contribution in [-0.4, -0.2) is 0 Å². The Labute approximate surface area is 155 Å². The van der Waals surface area contributed by atoms with E-state index in [1.54, 1.807) is 28.8 Å². The predicted molar refractivity (Wildman–Crippen MR) is 103 cm³/mol. The standard InChI is InChI=1S/C23H26ClF/c1-2-3-15-4-9-20-18(12-15)5-6-19-13-16(7-10-21(19)20)17-8-11-22(24)23(25)14-17/h5-6,8,11,14-16H,2-4,7,9-10,12-13H2,1H3. The third-order valence-corrected chi connectivity index (χ3v) is 6.56. The van der Waals surface area contributed by atoms with Crippen molar-refractivity contribution in [1.29, 1.82) is 0 Å². The van der Waals surface area contributed by atoms with E-state index in [2.05, 4.69) is 19.1 Å². The summed E-state index contributed by atoms with van der Waals surface area (Å²) in [5.74, 6) is 0.995. The summed E-state index contributed by atoms with van der Waals surface area (Å²) in [6, 6.07) is 10.0. The molecular weight excluding hydrogens is 331 g/mol. The van der Waals surface area contributed by atoms with Gasteiger partial charge in [-0.3, -0.25) is 0 Å². The summed E-state index contributed by atoms with van der Waals surface area (Å²) in [7, 11) is 0. The van der Waals surface area contributed by atoms with E-state index in [0.717, 1.165) is 30.7 Å². The van der Waals surface area contributed by atoms with Crippen LogP contribution in [0.1, 0.15) is 66.3 Å². The highest BCUT2D eigenvalue weighted by atomic mass is 35.5. The van der Waals surface area contributed by atoms with Gasteiger partial charge in [0.05, 0.1) is 5.02 Å². The zero-order valence-corrected chi connectivity index (χ0v) is 15.7. The highest BCUT2D eigenvalue weighted by Crippen LogP contribution is 2.39. The average molecular weight is 357 g/mol. The summed E-state index contributed by atoms with van der Waals surface area (Å²) in [6.07, 6.45) is 9.80. The van der Waals surface area contributed by atoms with E-state index < -0.39 is 0 Å². The third kappa shape index (κ3) is 3.36. The monoisotopic (exact) mass is 356 g/mol. The van der Waals surface area contributed by atoms with E-state index in [9.17, 15) is 4.39 Å². The van der Waals surface area contributed by atoms with Crippen LogP contribution in [0.4, 0.5) is 4.39 Å². The normalized spacial score (nSPS) is 22.4. The number of benzene rings is 2. The van der Waals surface area contributed by atoms with Gasteiger partial charge in [-0.15, -0.1) is 0 Å². The molecule has 0 fully saturated rings. The van der Waals surface area contributed by atoms with E-state index in [1.165, 1.54) is 37.7 Å². The molecular formula is C23H26ClF. The molecule has 0 N–H and O–H groups in total. The van der Waals surface area contributed by atoms with Crippen LogP contribution in [0.3, 0.4) is 0 Å². The lowest BCUT2D eigenvalue weighted by Gasteiger charge is -2.32. The Morgan fingerprint density at radius 3 is 2.44 bits per heavy atom. The van der Waals surface area contributed by atoms with Crippen molar-refractivity contribution in [3.63, 3.8) is 0 Å². The minimum Gasteiger partial charge on any atom is -0.205 e. The number of hydrogen-bond donors (Lipinski definition) is 0. The Balaban J connectivity index is 1.57. The van der Waals surface area contributed by atoms with Gasteiger partial charge in [0.1, 0.15) is 5.82 Å². The Bertz CT molecular complexity index is 780. The van der Waals surface area contributed by atoms with E-state index >= 15 is 0 Å². The SMILES string of the molecule is CCCC1CCc2c(ccc3c2CCC(c2ccc(Cl)c(F)c2)C3)C1. The first-order valence-electron chi connectivity index (χ1n) is 9.73. The average Bonchev–Trinajstić information content (AvgIpc) is 2.63. The molecule has 2 unspecified atom stereocenters. The second kappa shape index (κ2) is 7.11. The van der Waals surface area contributed by atoms with E-state index in [1.807, 2.05) is 6.07 Å². The van der Waals surface area contributed by atoms with Gasteiger partial charge < -0.3 is 0 Å². The van der Waals surface area contributed by atoms with E-state index in [4.69, 9.17) is 11.6 Å². The summed E-state index contributed by atoms with van der Waals surface area (Å²) in [5, 5.41) is 0.218. The van der Waals surface area contributed by atoms with Gasteiger partial charge >= 0.3 is 0 Å². The summed E-state index contributed by atoms with van der Waals surface area (Å²) in [6.45, 7) is 2.29. The molecule has 2 aromatic rings. The smallest absolute Gasteiger partial charge is 0.142 e. The molecule has 2 aliphatic carbocycles. The fourth-order valence-electron chi connectivity index (χ4n) is 4.95. The molecule has 0 aliphatic heterocycles. The van der Waals surface area contributed by atoms with Crippen LogP contribution in [0.15, 0.2) is 30.3 Å². The van der Waals surface area contributed by atoms with Crippen molar-refractivity contribution >= 4 is 11.6 Å². The number of rotatable bonds is 3. The van der Waals surface area contributed by atoms with Crippen molar-refractivity contribution in [2.75, 3.05) is 0 Å². The van der Waals surface area contributed by atoms with Crippen LogP contribution < -0.4 is 0 Å². The zero-order valence-electron chi connectivity index (χ0n) is 15.0. The van der Waals surface area contributed by atoms with Gasteiger partial charge in [-0.25, -0.2) is 4.39 Å². The lowest BCUT2D eigenvalue weighted by atomic mass is 9.73. The maximum Gasteiger partial charge on any atom is 0.142 e. The van der Waals surface area contributed by atoms with Crippen molar-refractivity contribution in [3.8, 4) is 0 Å². The fraction of sp³-hybridized carbons (Fsp3) is 0.478. The minimum atomic E-state index is -0.294. The molecule has 2 atom stereocenters. The van der Waals surface area contributed by atoms with Gasteiger partial charge in [0, 0.05) is 0 Å². The second-order valence-electron chi connectivity index (χ2n) is 7.85. The molecule has 0 radical (unpaired) electrons.